The van der Waals surface area contributed by atoms with E-state index in [9.17, 15) is 0 Å². The van der Waals surface area contributed by atoms with Crippen molar-refractivity contribution in [2.45, 2.75) is 4.90 Å². The standard InChI is InChI=1S/C11H12N2OS/c1-14-4-5-15-10-2-3-11-9(6-10)7-12-8-13-11/h2-3,6-8H,4-5H2,1H3. The van der Waals surface area contributed by atoms with Gasteiger partial charge in [-0.05, 0) is 18.2 Å². The largest absolute Gasteiger partial charge is 0.384 e. The molecule has 4 heteroatoms. The Morgan fingerprint density at radius 3 is 3.20 bits per heavy atom. The highest BCUT2D eigenvalue weighted by molar-refractivity contribution is 7.99. The predicted octanol–water partition coefficient (Wildman–Crippen LogP) is 2.37. The summed E-state index contributed by atoms with van der Waals surface area (Å²) in [5.74, 6) is 0.968. The topological polar surface area (TPSA) is 35.0 Å². The Balaban J connectivity index is 2.16. The molecule has 1 aromatic heterocycles. The van der Waals surface area contributed by atoms with Crippen molar-refractivity contribution in [3.8, 4) is 0 Å². The van der Waals surface area contributed by atoms with E-state index in [4.69, 9.17) is 4.74 Å². The third-order valence-electron chi connectivity index (χ3n) is 2.03. The minimum Gasteiger partial charge on any atom is -0.384 e. The third-order valence-corrected chi connectivity index (χ3v) is 2.99. The lowest BCUT2D eigenvalue weighted by Crippen LogP contribution is -1.91. The molecule has 0 bridgehead atoms. The van der Waals surface area contributed by atoms with E-state index in [0.29, 0.717) is 0 Å². The lowest BCUT2D eigenvalue weighted by atomic mass is 10.2. The van der Waals surface area contributed by atoms with E-state index in [1.54, 1.807) is 25.2 Å². The molecule has 0 aliphatic rings. The second-order valence-electron chi connectivity index (χ2n) is 3.08. The smallest absolute Gasteiger partial charge is 0.116 e. The summed E-state index contributed by atoms with van der Waals surface area (Å²) in [4.78, 5) is 9.41. The van der Waals surface area contributed by atoms with Gasteiger partial charge in [0.25, 0.3) is 0 Å². The minimum atomic E-state index is 0.772. The van der Waals surface area contributed by atoms with E-state index in [-0.39, 0.29) is 0 Å². The molecular formula is C11H12N2OS. The fraction of sp³-hybridized carbons (Fsp3) is 0.273. The van der Waals surface area contributed by atoms with Crippen molar-refractivity contribution in [2.75, 3.05) is 19.5 Å². The molecule has 2 rings (SSSR count). The molecule has 0 spiro atoms. The summed E-state index contributed by atoms with van der Waals surface area (Å²) < 4.78 is 5.01. The molecule has 0 aliphatic carbocycles. The first-order chi connectivity index (χ1) is 7.40. The van der Waals surface area contributed by atoms with Crippen LogP contribution in [-0.2, 0) is 4.74 Å². The molecule has 1 heterocycles. The van der Waals surface area contributed by atoms with Crippen LogP contribution in [0.1, 0.15) is 0 Å². The van der Waals surface area contributed by atoms with Crippen molar-refractivity contribution in [2.24, 2.45) is 0 Å². The van der Waals surface area contributed by atoms with E-state index in [1.807, 2.05) is 12.3 Å². The Kier molecular flexibility index (Phi) is 3.53. The molecule has 78 valence electrons. The van der Waals surface area contributed by atoms with E-state index in [0.717, 1.165) is 23.3 Å². The molecule has 0 aliphatic heterocycles. The summed E-state index contributed by atoms with van der Waals surface area (Å²) in [5, 5.41) is 1.08. The highest BCUT2D eigenvalue weighted by Gasteiger charge is 1.97. The maximum atomic E-state index is 5.01. The van der Waals surface area contributed by atoms with E-state index >= 15 is 0 Å². The fourth-order valence-electron chi connectivity index (χ4n) is 1.30. The number of fused-ring (bicyclic) bond motifs is 1. The van der Waals surface area contributed by atoms with Crippen LogP contribution in [0.25, 0.3) is 10.9 Å². The van der Waals surface area contributed by atoms with Crippen molar-refractivity contribution in [3.05, 3.63) is 30.7 Å². The summed E-state index contributed by atoms with van der Waals surface area (Å²) >= 11 is 1.78. The molecule has 0 saturated carbocycles. The highest BCUT2D eigenvalue weighted by Crippen LogP contribution is 2.21. The number of hydrogen-bond acceptors (Lipinski definition) is 4. The molecule has 0 N–H and O–H groups in total. The molecule has 1 aromatic carbocycles. The van der Waals surface area contributed by atoms with Crippen LogP contribution in [0.2, 0.25) is 0 Å². The van der Waals surface area contributed by atoms with Gasteiger partial charge in [0.2, 0.25) is 0 Å². The monoisotopic (exact) mass is 220 g/mol. The van der Waals surface area contributed by atoms with Crippen LogP contribution < -0.4 is 0 Å². The Morgan fingerprint density at radius 1 is 1.40 bits per heavy atom. The fourth-order valence-corrected chi connectivity index (χ4v) is 2.16. The molecule has 0 fully saturated rings. The van der Waals surface area contributed by atoms with Gasteiger partial charge in [0.15, 0.2) is 0 Å². The van der Waals surface area contributed by atoms with E-state index < -0.39 is 0 Å². The van der Waals surface area contributed by atoms with Gasteiger partial charge in [0.05, 0.1) is 12.1 Å². The number of nitrogens with zero attached hydrogens (tertiary/aromatic N) is 2. The zero-order valence-electron chi connectivity index (χ0n) is 8.51. The van der Waals surface area contributed by atoms with Crippen LogP contribution in [0.4, 0.5) is 0 Å². The molecule has 0 radical (unpaired) electrons. The van der Waals surface area contributed by atoms with Gasteiger partial charge in [-0.25, -0.2) is 9.97 Å². The maximum absolute atomic E-state index is 5.01. The van der Waals surface area contributed by atoms with Gasteiger partial charge in [0, 0.05) is 29.3 Å². The number of methoxy groups -OCH3 is 1. The van der Waals surface area contributed by atoms with Crippen LogP contribution in [0.15, 0.2) is 35.6 Å². The second kappa shape index (κ2) is 5.09. The zero-order chi connectivity index (χ0) is 10.5. The van der Waals surface area contributed by atoms with Gasteiger partial charge >= 0.3 is 0 Å². The lowest BCUT2D eigenvalue weighted by Gasteiger charge is -2.02. The van der Waals surface area contributed by atoms with Gasteiger partial charge in [-0.2, -0.15) is 0 Å². The zero-order valence-corrected chi connectivity index (χ0v) is 9.33. The first kappa shape index (κ1) is 10.4. The van der Waals surface area contributed by atoms with E-state index in [1.165, 1.54) is 4.90 Å². The molecule has 0 atom stereocenters. The number of rotatable bonds is 4. The molecule has 0 amide bonds. The number of ether oxygens (including phenoxy) is 1. The van der Waals surface area contributed by atoms with Crippen LogP contribution >= 0.6 is 11.8 Å². The number of thioether (sulfide) groups is 1. The van der Waals surface area contributed by atoms with Crippen LogP contribution in [0.3, 0.4) is 0 Å². The van der Waals surface area contributed by atoms with E-state index in [2.05, 4.69) is 22.1 Å². The third kappa shape index (κ3) is 2.67. The molecule has 15 heavy (non-hydrogen) atoms. The van der Waals surface area contributed by atoms with Crippen molar-refractivity contribution < 1.29 is 4.74 Å². The Bertz CT molecular complexity index is 447. The number of hydrogen-bond donors (Lipinski definition) is 0. The normalized spacial score (nSPS) is 10.7. The summed E-state index contributed by atoms with van der Waals surface area (Å²) in [6.45, 7) is 0.772. The average molecular weight is 220 g/mol. The van der Waals surface area contributed by atoms with Crippen LogP contribution in [0, 0.1) is 0 Å². The van der Waals surface area contributed by atoms with Crippen molar-refractivity contribution in [3.63, 3.8) is 0 Å². The molecule has 3 nitrogen and oxygen atoms in total. The van der Waals surface area contributed by atoms with Crippen molar-refractivity contribution in [1.82, 2.24) is 9.97 Å². The average Bonchev–Trinajstić information content (AvgIpc) is 2.29. The first-order valence-corrected chi connectivity index (χ1v) is 5.70. The van der Waals surface area contributed by atoms with Gasteiger partial charge in [-0.15, -0.1) is 11.8 Å². The summed E-state index contributed by atoms with van der Waals surface area (Å²) in [5.41, 5.74) is 0.987. The van der Waals surface area contributed by atoms with Crippen LogP contribution in [0.5, 0.6) is 0 Å². The van der Waals surface area contributed by atoms with Gasteiger partial charge < -0.3 is 4.74 Å². The molecular weight excluding hydrogens is 208 g/mol. The Labute approximate surface area is 92.9 Å². The first-order valence-electron chi connectivity index (χ1n) is 4.71. The number of aromatic nitrogens is 2. The summed E-state index contributed by atoms with van der Waals surface area (Å²) in [6, 6.07) is 6.21. The lowest BCUT2D eigenvalue weighted by molar-refractivity contribution is 0.218. The van der Waals surface area contributed by atoms with Gasteiger partial charge in [0.1, 0.15) is 6.33 Å². The van der Waals surface area contributed by atoms with Crippen molar-refractivity contribution in [1.29, 1.82) is 0 Å². The van der Waals surface area contributed by atoms with Gasteiger partial charge in [-0.3, -0.25) is 0 Å². The SMILES string of the molecule is COCCSc1ccc2ncncc2c1. The molecule has 0 saturated heterocycles. The molecule has 2 aromatic rings. The van der Waals surface area contributed by atoms with Gasteiger partial charge in [-0.1, -0.05) is 0 Å². The highest BCUT2D eigenvalue weighted by atomic mass is 32.2. The maximum Gasteiger partial charge on any atom is 0.116 e. The molecule has 0 unspecified atom stereocenters. The van der Waals surface area contributed by atoms with Crippen molar-refractivity contribution >= 4 is 22.7 Å². The van der Waals surface area contributed by atoms with Crippen LogP contribution in [-0.4, -0.2) is 29.4 Å². The summed E-state index contributed by atoms with van der Waals surface area (Å²) in [6.07, 6.45) is 3.41. The quantitative estimate of drug-likeness (QED) is 0.585. The summed E-state index contributed by atoms with van der Waals surface area (Å²) in [7, 11) is 1.72. The Hall–Kier alpha value is -1.13. The predicted molar refractivity (Wildman–Crippen MR) is 62.1 cm³/mol. The minimum absolute atomic E-state index is 0.772. The Morgan fingerprint density at radius 2 is 2.33 bits per heavy atom. The second-order valence-corrected chi connectivity index (χ2v) is 4.25. The number of benzene rings is 1.